The van der Waals surface area contributed by atoms with Crippen molar-refractivity contribution >= 4 is 12.0 Å². The zero-order chi connectivity index (χ0) is 15.6. The van der Waals surface area contributed by atoms with Crippen molar-refractivity contribution in [2.75, 3.05) is 0 Å². The Balaban J connectivity index is 2.59. The Hall–Kier alpha value is -2.12. The lowest BCUT2D eigenvalue weighted by molar-refractivity contribution is -0.150. The number of hydrogen-bond donors (Lipinski definition) is 3. The van der Waals surface area contributed by atoms with E-state index in [1.54, 1.807) is 34.6 Å². The SMILES string of the molecule is Cc1nc(CNC(=O)NC(C)(C)C(C)(C)C(=O)O)no1. The Morgan fingerprint density at radius 1 is 1.30 bits per heavy atom. The Morgan fingerprint density at radius 3 is 2.35 bits per heavy atom. The highest BCUT2D eigenvalue weighted by molar-refractivity contribution is 5.79. The van der Waals surface area contributed by atoms with E-state index < -0.39 is 23.0 Å². The van der Waals surface area contributed by atoms with E-state index in [9.17, 15) is 14.7 Å². The van der Waals surface area contributed by atoms with Gasteiger partial charge in [-0.2, -0.15) is 4.98 Å². The second kappa shape index (κ2) is 5.48. The number of carboxylic acids is 1. The van der Waals surface area contributed by atoms with Gasteiger partial charge in [0.1, 0.15) is 0 Å². The predicted octanol–water partition coefficient (Wildman–Crippen LogP) is 1.07. The second-order valence-electron chi connectivity index (χ2n) is 5.59. The van der Waals surface area contributed by atoms with Crippen LogP contribution in [0.3, 0.4) is 0 Å². The van der Waals surface area contributed by atoms with Gasteiger partial charge in [-0.15, -0.1) is 0 Å². The van der Waals surface area contributed by atoms with Gasteiger partial charge in [0.2, 0.25) is 5.89 Å². The topological polar surface area (TPSA) is 117 Å². The van der Waals surface area contributed by atoms with Gasteiger partial charge in [-0.1, -0.05) is 5.16 Å². The maximum atomic E-state index is 11.8. The number of carboxylic acid groups (broad SMARTS) is 1. The first-order valence-corrected chi connectivity index (χ1v) is 6.15. The van der Waals surface area contributed by atoms with Crippen molar-refractivity contribution in [1.29, 1.82) is 0 Å². The molecule has 20 heavy (non-hydrogen) atoms. The molecule has 0 atom stereocenters. The summed E-state index contributed by atoms with van der Waals surface area (Å²) < 4.78 is 4.77. The largest absolute Gasteiger partial charge is 0.481 e. The number of rotatable bonds is 5. The van der Waals surface area contributed by atoms with Crippen molar-refractivity contribution in [2.45, 2.75) is 46.7 Å². The van der Waals surface area contributed by atoms with Crippen molar-refractivity contribution in [2.24, 2.45) is 5.41 Å². The molecule has 0 unspecified atom stereocenters. The molecule has 1 aromatic heterocycles. The first-order chi connectivity index (χ1) is 9.06. The molecule has 1 aromatic rings. The maximum absolute atomic E-state index is 11.8. The van der Waals surface area contributed by atoms with Crippen molar-refractivity contribution in [3.05, 3.63) is 11.7 Å². The van der Waals surface area contributed by atoms with Crippen molar-refractivity contribution in [3.8, 4) is 0 Å². The molecule has 0 radical (unpaired) electrons. The van der Waals surface area contributed by atoms with Crippen LogP contribution in [0.1, 0.15) is 39.4 Å². The molecule has 0 fully saturated rings. The standard InChI is InChI=1S/C12H20N4O4/c1-7-14-8(16-20-7)6-13-10(19)15-12(4,5)11(2,3)9(17)18/h6H2,1-5H3,(H,17,18)(H2,13,15,19). The molecule has 0 saturated heterocycles. The van der Waals surface area contributed by atoms with Crippen molar-refractivity contribution < 1.29 is 19.2 Å². The molecule has 112 valence electrons. The molecule has 3 N–H and O–H groups in total. The first-order valence-electron chi connectivity index (χ1n) is 6.15. The average Bonchev–Trinajstić information content (AvgIpc) is 2.71. The molecular formula is C12H20N4O4. The zero-order valence-electron chi connectivity index (χ0n) is 12.3. The molecule has 0 aliphatic carbocycles. The van der Waals surface area contributed by atoms with E-state index in [4.69, 9.17) is 4.52 Å². The Morgan fingerprint density at radius 2 is 1.90 bits per heavy atom. The minimum Gasteiger partial charge on any atom is -0.481 e. The molecule has 8 heteroatoms. The van der Waals surface area contributed by atoms with E-state index in [1.807, 2.05) is 0 Å². The van der Waals surface area contributed by atoms with Gasteiger partial charge < -0.3 is 20.3 Å². The lowest BCUT2D eigenvalue weighted by Crippen LogP contribution is -2.58. The summed E-state index contributed by atoms with van der Waals surface area (Å²) in [6.07, 6.45) is 0. The number of carbonyl (C=O) groups excluding carboxylic acids is 1. The fourth-order valence-corrected chi connectivity index (χ4v) is 1.32. The minimum absolute atomic E-state index is 0.104. The first kappa shape index (κ1) is 15.9. The van der Waals surface area contributed by atoms with Crippen LogP contribution in [0.5, 0.6) is 0 Å². The monoisotopic (exact) mass is 284 g/mol. The number of aryl methyl sites for hydroxylation is 1. The average molecular weight is 284 g/mol. The molecule has 0 spiro atoms. The smallest absolute Gasteiger partial charge is 0.315 e. The number of aromatic nitrogens is 2. The van der Waals surface area contributed by atoms with Gasteiger partial charge in [0.15, 0.2) is 5.82 Å². The summed E-state index contributed by atoms with van der Waals surface area (Å²) in [7, 11) is 0. The predicted molar refractivity (Wildman–Crippen MR) is 69.9 cm³/mol. The van der Waals surface area contributed by atoms with E-state index in [0.717, 1.165) is 0 Å². The van der Waals surface area contributed by atoms with Gasteiger partial charge in [0.25, 0.3) is 0 Å². The summed E-state index contributed by atoms with van der Waals surface area (Å²) in [4.78, 5) is 27.0. The van der Waals surface area contributed by atoms with Gasteiger partial charge in [-0.25, -0.2) is 4.79 Å². The highest BCUT2D eigenvalue weighted by Gasteiger charge is 2.44. The molecule has 1 heterocycles. The number of aliphatic carboxylic acids is 1. The van der Waals surface area contributed by atoms with E-state index in [2.05, 4.69) is 20.8 Å². The van der Waals surface area contributed by atoms with E-state index in [-0.39, 0.29) is 6.54 Å². The third-order valence-electron chi connectivity index (χ3n) is 3.50. The molecule has 0 aromatic carbocycles. The highest BCUT2D eigenvalue weighted by atomic mass is 16.5. The van der Waals surface area contributed by atoms with Gasteiger partial charge in [0.05, 0.1) is 17.5 Å². The minimum atomic E-state index is -1.12. The van der Waals surface area contributed by atoms with Gasteiger partial charge >= 0.3 is 12.0 Å². The number of hydrogen-bond acceptors (Lipinski definition) is 5. The lowest BCUT2D eigenvalue weighted by atomic mass is 9.74. The van der Waals surface area contributed by atoms with Crippen molar-refractivity contribution in [3.63, 3.8) is 0 Å². The summed E-state index contributed by atoms with van der Waals surface area (Å²) in [5, 5.41) is 18.0. The molecule has 0 aliphatic heterocycles. The Labute approximate surface area is 116 Å². The van der Waals surface area contributed by atoms with Crippen LogP contribution in [0, 0.1) is 12.3 Å². The van der Waals surface area contributed by atoms with E-state index in [0.29, 0.717) is 11.7 Å². The third kappa shape index (κ3) is 3.46. The number of nitrogens with zero attached hydrogens (tertiary/aromatic N) is 2. The summed E-state index contributed by atoms with van der Waals surface area (Å²) in [5.74, 6) is -0.223. The summed E-state index contributed by atoms with van der Waals surface area (Å²) >= 11 is 0. The van der Waals surface area contributed by atoms with Gasteiger partial charge in [0, 0.05) is 6.92 Å². The summed E-state index contributed by atoms with van der Waals surface area (Å²) in [5.41, 5.74) is -2.05. The lowest BCUT2D eigenvalue weighted by Gasteiger charge is -2.38. The molecule has 0 aliphatic rings. The van der Waals surface area contributed by atoms with Crippen LogP contribution in [0.25, 0.3) is 0 Å². The van der Waals surface area contributed by atoms with Crippen LogP contribution in [-0.4, -0.2) is 32.8 Å². The van der Waals surface area contributed by atoms with Crippen LogP contribution in [0.4, 0.5) is 4.79 Å². The normalized spacial score (nSPS) is 12.1. The van der Waals surface area contributed by atoms with Crippen LogP contribution >= 0.6 is 0 Å². The molecule has 1 rings (SSSR count). The number of amides is 2. The van der Waals surface area contributed by atoms with Crippen LogP contribution in [0.2, 0.25) is 0 Å². The van der Waals surface area contributed by atoms with E-state index in [1.165, 1.54) is 0 Å². The fourth-order valence-electron chi connectivity index (χ4n) is 1.32. The Bertz CT molecular complexity index is 507. The van der Waals surface area contributed by atoms with Crippen LogP contribution in [0.15, 0.2) is 4.52 Å². The highest BCUT2D eigenvalue weighted by Crippen LogP contribution is 2.30. The summed E-state index contributed by atoms with van der Waals surface area (Å²) in [6.45, 7) is 8.16. The number of carbonyl (C=O) groups is 2. The number of urea groups is 1. The van der Waals surface area contributed by atoms with Gasteiger partial charge in [-0.05, 0) is 27.7 Å². The molecule has 0 bridgehead atoms. The molecule has 2 amide bonds. The quantitative estimate of drug-likeness (QED) is 0.744. The van der Waals surface area contributed by atoms with Gasteiger partial charge in [-0.3, -0.25) is 4.79 Å². The van der Waals surface area contributed by atoms with Crippen LogP contribution < -0.4 is 10.6 Å². The zero-order valence-corrected chi connectivity index (χ0v) is 12.3. The Kier molecular flexibility index (Phi) is 4.36. The summed E-state index contributed by atoms with van der Waals surface area (Å²) in [6, 6.07) is -0.494. The van der Waals surface area contributed by atoms with E-state index >= 15 is 0 Å². The molecule has 0 saturated carbocycles. The third-order valence-corrected chi connectivity index (χ3v) is 3.50. The maximum Gasteiger partial charge on any atom is 0.315 e. The molecular weight excluding hydrogens is 264 g/mol. The van der Waals surface area contributed by atoms with Crippen molar-refractivity contribution in [1.82, 2.24) is 20.8 Å². The molecule has 8 nitrogen and oxygen atoms in total. The fraction of sp³-hybridized carbons (Fsp3) is 0.667. The number of nitrogens with one attached hydrogen (secondary N) is 2. The second-order valence-corrected chi connectivity index (χ2v) is 5.59. The van der Waals surface area contributed by atoms with Crippen LogP contribution in [-0.2, 0) is 11.3 Å².